The quantitative estimate of drug-likeness (QED) is 0.373. The van der Waals surface area contributed by atoms with Crippen LogP contribution in [0.3, 0.4) is 0 Å². The van der Waals surface area contributed by atoms with Crippen molar-refractivity contribution in [2.75, 3.05) is 5.75 Å². The maximum atomic E-state index is 13.1. The van der Waals surface area contributed by atoms with E-state index in [0.29, 0.717) is 16.5 Å². The van der Waals surface area contributed by atoms with Crippen LogP contribution in [-0.2, 0) is 11.8 Å². The molecule has 148 valence electrons. The highest BCUT2D eigenvalue weighted by Crippen LogP contribution is 2.22. The van der Waals surface area contributed by atoms with E-state index in [1.54, 1.807) is 23.7 Å². The molecule has 0 bridgehead atoms. The highest BCUT2D eigenvalue weighted by molar-refractivity contribution is 7.99. The van der Waals surface area contributed by atoms with Gasteiger partial charge in [0.1, 0.15) is 5.82 Å². The summed E-state index contributed by atoms with van der Waals surface area (Å²) < 4.78 is 14.7. The van der Waals surface area contributed by atoms with Gasteiger partial charge in [-0.1, -0.05) is 17.8 Å². The summed E-state index contributed by atoms with van der Waals surface area (Å²) in [6, 6.07) is 10.8. The van der Waals surface area contributed by atoms with Crippen LogP contribution in [0.25, 0.3) is 11.4 Å². The summed E-state index contributed by atoms with van der Waals surface area (Å²) in [5.41, 5.74) is 0.431. The first-order chi connectivity index (χ1) is 13.8. The fourth-order valence-electron chi connectivity index (χ4n) is 2.42. The van der Waals surface area contributed by atoms with Crippen molar-refractivity contribution in [2.45, 2.75) is 5.16 Å². The lowest BCUT2D eigenvalue weighted by atomic mass is 10.2. The minimum absolute atomic E-state index is 0.00908. The lowest BCUT2D eigenvalue weighted by Gasteiger charge is -2.05. The average Bonchev–Trinajstić information content (AvgIpc) is 3.07. The van der Waals surface area contributed by atoms with Crippen molar-refractivity contribution < 1.29 is 18.9 Å². The Balaban J connectivity index is 1.61. The number of aromatic nitrogens is 3. The smallest absolute Gasteiger partial charge is 0.270 e. The number of halogens is 1. The zero-order valence-electron chi connectivity index (χ0n) is 15.0. The molecule has 0 aliphatic rings. The second-order valence-corrected chi connectivity index (χ2v) is 6.79. The zero-order valence-corrected chi connectivity index (χ0v) is 15.9. The first-order valence-electron chi connectivity index (χ1n) is 8.22. The van der Waals surface area contributed by atoms with Gasteiger partial charge in [0.05, 0.1) is 10.7 Å². The number of nitro benzene ring substituents is 1. The van der Waals surface area contributed by atoms with Crippen molar-refractivity contribution in [3.63, 3.8) is 0 Å². The molecule has 0 atom stereocenters. The Morgan fingerprint density at radius 1 is 1.21 bits per heavy atom. The molecule has 2 amide bonds. The summed E-state index contributed by atoms with van der Waals surface area (Å²) in [6.07, 6.45) is 0. The molecule has 0 aliphatic heterocycles. The first-order valence-corrected chi connectivity index (χ1v) is 9.20. The SMILES string of the molecule is Cn1c(SCC(=O)NC(=O)c2cccc([N+](=O)[O-])c2)nnc1-c1ccc(F)cc1. The topological polar surface area (TPSA) is 120 Å². The summed E-state index contributed by atoms with van der Waals surface area (Å²) in [5.74, 6) is -1.30. The third-order valence-electron chi connectivity index (χ3n) is 3.84. The number of carbonyl (C=O) groups is 2. The molecule has 29 heavy (non-hydrogen) atoms. The number of imide groups is 1. The van der Waals surface area contributed by atoms with Gasteiger partial charge in [-0.15, -0.1) is 10.2 Å². The molecule has 0 aliphatic carbocycles. The van der Waals surface area contributed by atoms with E-state index in [1.807, 2.05) is 0 Å². The van der Waals surface area contributed by atoms with E-state index in [9.17, 15) is 24.1 Å². The minimum Gasteiger partial charge on any atom is -0.305 e. The first kappa shape index (κ1) is 20.1. The average molecular weight is 415 g/mol. The molecule has 0 unspecified atom stereocenters. The largest absolute Gasteiger partial charge is 0.305 e. The number of nitrogens with zero attached hydrogens (tertiary/aromatic N) is 4. The fraction of sp³-hybridized carbons (Fsp3) is 0.111. The van der Waals surface area contributed by atoms with E-state index in [-0.39, 0.29) is 22.8 Å². The second-order valence-electron chi connectivity index (χ2n) is 5.85. The van der Waals surface area contributed by atoms with E-state index in [4.69, 9.17) is 0 Å². The van der Waals surface area contributed by atoms with E-state index in [2.05, 4.69) is 15.5 Å². The van der Waals surface area contributed by atoms with Crippen molar-refractivity contribution in [3.05, 3.63) is 70.0 Å². The number of nitro groups is 1. The van der Waals surface area contributed by atoms with Crippen LogP contribution < -0.4 is 5.32 Å². The molecule has 0 fully saturated rings. The van der Waals surface area contributed by atoms with Crippen LogP contribution in [0.1, 0.15) is 10.4 Å². The number of amides is 2. The van der Waals surface area contributed by atoms with Crippen LogP contribution in [0.4, 0.5) is 10.1 Å². The summed E-state index contributed by atoms with van der Waals surface area (Å²) in [6.45, 7) is 0. The van der Waals surface area contributed by atoms with Gasteiger partial charge in [0.2, 0.25) is 5.91 Å². The summed E-state index contributed by atoms with van der Waals surface area (Å²) >= 11 is 1.06. The fourth-order valence-corrected chi connectivity index (χ4v) is 3.13. The molecule has 0 spiro atoms. The van der Waals surface area contributed by atoms with Crippen LogP contribution in [0.15, 0.2) is 53.7 Å². The lowest BCUT2D eigenvalue weighted by molar-refractivity contribution is -0.384. The molecule has 1 aromatic heterocycles. The number of hydrogen-bond donors (Lipinski definition) is 1. The summed E-state index contributed by atoms with van der Waals surface area (Å²) in [7, 11) is 1.70. The number of thioether (sulfide) groups is 1. The number of non-ortho nitro benzene ring substituents is 1. The van der Waals surface area contributed by atoms with Crippen LogP contribution in [-0.4, -0.2) is 37.3 Å². The number of rotatable bonds is 6. The Morgan fingerprint density at radius 3 is 2.62 bits per heavy atom. The van der Waals surface area contributed by atoms with Crippen molar-refractivity contribution in [2.24, 2.45) is 7.05 Å². The molecule has 0 radical (unpaired) electrons. The summed E-state index contributed by atoms with van der Waals surface area (Å²) in [5, 5.41) is 21.4. The third-order valence-corrected chi connectivity index (χ3v) is 4.86. The van der Waals surface area contributed by atoms with Gasteiger partial charge in [-0.25, -0.2) is 4.39 Å². The highest BCUT2D eigenvalue weighted by Gasteiger charge is 2.16. The number of carbonyl (C=O) groups excluding carboxylic acids is 2. The van der Waals surface area contributed by atoms with Crippen molar-refractivity contribution >= 4 is 29.3 Å². The molecule has 2 aromatic carbocycles. The van der Waals surface area contributed by atoms with Gasteiger partial charge in [-0.3, -0.25) is 25.0 Å². The van der Waals surface area contributed by atoms with Crippen molar-refractivity contribution in [1.29, 1.82) is 0 Å². The van der Waals surface area contributed by atoms with Crippen molar-refractivity contribution in [1.82, 2.24) is 20.1 Å². The van der Waals surface area contributed by atoms with Gasteiger partial charge in [-0.2, -0.15) is 0 Å². The predicted molar refractivity (Wildman–Crippen MR) is 103 cm³/mol. The lowest BCUT2D eigenvalue weighted by Crippen LogP contribution is -2.31. The Kier molecular flexibility index (Phi) is 5.98. The normalized spacial score (nSPS) is 10.6. The van der Waals surface area contributed by atoms with E-state index < -0.39 is 16.7 Å². The van der Waals surface area contributed by atoms with Gasteiger partial charge >= 0.3 is 0 Å². The molecule has 11 heteroatoms. The van der Waals surface area contributed by atoms with E-state index in [0.717, 1.165) is 17.8 Å². The zero-order chi connectivity index (χ0) is 21.0. The predicted octanol–water partition coefficient (Wildman–Crippen LogP) is 2.58. The Hall–Kier alpha value is -3.60. The maximum absolute atomic E-state index is 13.1. The third kappa shape index (κ3) is 4.82. The minimum atomic E-state index is -0.732. The molecular formula is C18H14FN5O4S. The highest BCUT2D eigenvalue weighted by atomic mass is 32.2. The second kappa shape index (κ2) is 8.61. The van der Waals surface area contributed by atoms with Gasteiger partial charge < -0.3 is 4.57 Å². The molecule has 3 aromatic rings. The van der Waals surface area contributed by atoms with Crippen LogP contribution in [0.2, 0.25) is 0 Å². The number of hydrogen-bond acceptors (Lipinski definition) is 7. The van der Waals surface area contributed by atoms with Crippen molar-refractivity contribution in [3.8, 4) is 11.4 Å². The summed E-state index contributed by atoms with van der Waals surface area (Å²) in [4.78, 5) is 34.3. The van der Waals surface area contributed by atoms with E-state index in [1.165, 1.54) is 30.3 Å². The van der Waals surface area contributed by atoms with Gasteiger partial charge in [0.25, 0.3) is 11.6 Å². The molecule has 3 rings (SSSR count). The molecule has 1 heterocycles. The van der Waals surface area contributed by atoms with Crippen LogP contribution >= 0.6 is 11.8 Å². The van der Waals surface area contributed by atoms with Gasteiger partial charge in [0, 0.05) is 30.3 Å². The van der Waals surface area contributed by atoms with Gasteiger partial charge in [-0.05, 0) is 30.3 Å². The molecular weight excluding hydrogens is 401 g/mol. The molecule has 1 N–H and O–H groups in total. The Labute approximate surface area is 168 Å². The molecule has 0 saturated carbocycles. The standard InChI is InChI=1S/C18H14FN5O4S/c1-23-16(11-5-7-13(19)8-6-11)21-22-18(23)29-10-15(25)20-17(26)12-3-2-4-14(9-12)24(27)28/h2-9H,10H2,1H3,(H,20,25,26). The monoisotopic (exact) mass is 415 g/mol. The Bertz CT molecular complexity index is 1080. The number of nitrogens with one attached hydrogen (secondary N) is 1. The number of benzene rings is 2. The maximum Gasteiger partial charge on any atom is 0.270 e. The molecule has 0 saturated heterocycles. The Morgan fingerprint density at radius 2 is 1.93 bits per heavy atom. The van der Waals surface area contributed by atoms with Crippen LogP contribution in [0.5, 0.6) is 0 Å². The van der Waals surface area contributed by atoms with E-state index >= 15 is 0 Å². The molecule has 9 nitrogen and oxygen atoms in total. The van der Waals surface area contributed by atoms with Crippen LogP contribution in [0, 0.1) is 15.9 Å². The van der Waals surface area contributed by atoms with Gasteiger partial charge in [0.15, 0.2) is 11.0 Å².